The molecule has 136 valence electrons. The van der Waals surface area contributed by atoms with Crippen molar-refractivity contribution in [3.05, 3.63) is 82.6 Å². The van der Waals surface area contributed by atoms with E-state index in [1.807, 2.05) is 0 Å². The third-order valence-corrected chi connectivity index (χ3v) is 13.8. The van der Waals surface area contributed by atoms with Crippen LogP contribution in [0.25, 0.3) is 0 Å². The summed E-state index contributed by atoms with van der Waals surface area (Å²) in [6.45, 7) is 14.3. The molecule has 2 aromatic rings. The summed E-state index contributed by atoms with van der Waals surface area (Å²) in [5, 5.41) is 4.55. The highest BCUT2D eigenvalue weighted by molar-refractivity contribution is 7.11. The summed E-state index contributed by atoms with van der Waals surface area (Å²) in [5.41, 5.74) is 4.58. The maximum Gasteiger partial charge on any atom is 0.215 e. The van der Waals surface area contributed by atoms with Crippen molar-refractivity contribution in [2.75, 3.05) is 0 Å². The van der Waals surface area contributed by atoms with Gasteiger partial charge < -0.3 is 4.65 Å². The summed E-state index contributed by atoms with van der Waals surface area (Å²) in [6, 6.07) is 22.4. The molecular formula is C23H31NSi2. The second kappa shape index (κ2) is 7.14. The largest absolute Gasteiger partial charge is 0.349 e. The Labute approximate surface area is 161 Å². The minimum absolute atomic E-state index is 1.11. The van der Waals surface area contributed by atoms with E-state index in [4.69, 9.17) is 0 Å². The second-order valence-electron chi connectivity index (χ2n) is 8.59. The maximum atomic E-state index is 4.31. The van der Waals surface area contributed by atoms with Crippen molar-refractivity contribution in [3.63, 3.8) is 0 Å². The fourth-order valence-electron chi connectivity index (χ4n) is 4.35. The van der Waals surface area contributed by atoms with Gasteiger partial charge >= 0.3 is 0 Å². The van der Waals surface area contributed by atoms with Crippen LogP contribution in [0.2, 0.25) is 19.6 Å². The van der Waals surface area contributed by atoms with Crippen LogP contribution in [0.3, 0.4) is 0 Å². The fraction of sp³-hybridized carbons (Fsp3) is 0.304. The molecule has 1 nitrogen and oxygen atoms in total. The smallest absolute Gasteiger partial charge is 0.215 e. The number of rotatable bonds is 5. The molecule has 0 amide bonds. The van der Waals surface area contributed by atoms with Crippen molar-refractivity contribution in [1.82, 2.24) is 4.65 Å². The fourth-order valence-corrected chi connectivity index (χ4v) is 14.3. The van der Waals surface area contributed by atoms with Crippen LogP contribution in [0.5, 0.6) is 0 Å². The number of benzene rings is 2. The average molecular weight is 378 g/mol. The summed E-state index contributed by atoms with van der Waals surface area (Å²) in [4.78, 5) is 0. The summed E-state index contributed by atoms with van der Waals surface area (Å²) in [5.74, 6) is 0. The van der Waals surface area contributed by atoms with Crippen LogP contribution in [-0.4, -0.2) is 16.5 Å². The molecular weight excluding hydrogens is 346 g/mol. The Morgan fingerprint density at radius 2 is 1.15 bits per heavy atom. The van der Waals surface area contributed by atoms with E-state index in [0.717, 1.165) is 6.42 Å². The lowest BCUT2D eigenvalue weighted by Gasteiger charge is -2.41. The SMILES string of the molecule is CC1=C(C)C([Si](N[Si](C)(C)C)(c2ccccc2)c2ccccc2)=C(C)C1. The quantitative estimate of drug-likeness (QED) is 0.740. The molecule has 0 saturated carbocycles. The van der Waals surface area contributed by atoms with E-state index < -0.39 is 16.5 Å². The van der Waals surface area contributed by atoms with Crippen molar-refractivity contribution in [2.24, 2.45) is 0 Å². The molecule has 0 atom stereocenters. The Hall–Kier alpha value is -1.69. The summed E-state index contributed by atoms with van der Waals surface area (Å²) >= 11 is 0. The summed E-state index contributed by atoms with van der Waals surface area (Å²) < 4.78 is 4.31. The predicted molar refractivity (Wildman–Crippen MR) is 120 cm³/mol. The van der Waals surface area contributed by atoms with Gasteiger partial charge in [-0.15, -0.1) is 0 Å². The average Bonchev–Trinajstić information content (AvgIpc) is 2.86. The molecule has 0 radical (unpaired) electrons. The third kappa shape index (κ3) is 3.44. The van der Waals surface area contributed by atoms with Crippen LogP contribution in [0.4, 0.5) is 0 Å². The van der Waals surface area contributed by atoms with E-state index in [0.29, 0.717) is 0 Å². The first kappa shape index (κ1) is 19.1. The molecule has 3 heteroatoms. The first-order valence-corrected chi connectivity index (χ1v) is 15.0. The molecule has 1 N–H and O–H groups in total. The molecule has 0 spiro atoms. The van der Waals surface area contributed by atoms with Crippen LogP contribution in [0, 0.1) is 0 Å². The van der Waals surface area contributed by atoms with Crippen molar-refractivity contribution < 1.29 is 0 Å². The topological polar surface area (TPSA) is 12.0 Å². The Morgan fingerprint density at radius 3 is 1.50 bits per heavy atom. The van der Waals surface area contributed by atoms with Gasteiger partial charge in [0.15, 0.2) is 0 Å². The Morgan fingerprint density at radius 1 is 0.692 bits per heavy atom. The Kier molecular flexibility index (Phi) is 5.24. The van der Waals surface area contributed by atoms with E-state index in [2.05, 4.69) is 106 Å². The number of allylic oxidation sites excluding steroid dienone is 4. The molecule has 0 heterocycles. The highest BCUT2D eigenvalue weighted by atomic mass is 28.4. The van der Waals surface area contributed by atoms with Gasteiger partial charge in [-0.2, -0.15) is 0 Å². The second-order valence-corrected chi connectivity index (χ2v) is 17.2. The van der Waals surface area contributed by atoms with Crippen LogP contribution >= 0.6 is 0 Å². The number of nitrogens with one attached hydrogen (secondary N) is 1. The van der Waals surface area contributed by atoms with Crippen molar-refractivity contribution >= 4 is 26.8 Å². The van der Waals surface area contributed by atoms with Gasteiger partial charge in [-0.05, 0) is 42.8 Å². The van der Waals surface area contributed by atoms with Crippen LogP contribution in [0.15, 0.2) is 82.6 Å². The molecule has 3 rings (SSSR count). The van der Waals surface area contributed by atoms with E-state index in [1.54, 1.807) is 10.8 Å². The van der Waals surface area contributed by atoms with Gasteiger partial charge in [-0.3, -0.25) is 0 Å². The molecule has 0 aromatic heterocycles. The molecule has 26 heavy (non-hydrogen) atoms. The van der Waals surface area contributed by atoms with Crippen molar-refractivity contribution in [3.8, 4) is 0 Å². The number of hydrogen-bond donors (Lipinski definition) is 1. The normalized spacial score (nSPS) is 15.8. The van der Waals surface area contributed by atoms with Gasteiger partial charge in [-0.25, -0.2) is 0 Å². The van der Waals surface area contributed by atoms with Gasteiger partial charge in [-0.1, -0.05) is 97.0 Å². The minimum Gasteiger partial charge on any atom is -0.349 e. The lowest BCUT2D eigenvalue weighted by Crippen LogP contribution is -2.75. The van der Waals surface area contributed by atoms with Gasteiger partial charge in [0.2, 0.25) is 8.24 Å². The van der Waals surface area contributed by atoms with Crippen LogP contribution < -0.4 is 15.0 Å². The molecule has 2 aromatic carbocycles. The van der Waals surface area contributed by atoms with E-state index in [1.165, 1.54) is 21.5 Å². The van der Waals surface area contributed by atoms with Crippen LogP contribution in [0.1, 0.15) is 27.2 Å². The van der Waals surface area contributed by atoms with E-state index >= 15 is 0 Å². The molecule has 0 unspecified atom stereocenters. The Bertz CT molecular complexity index is 803. The highest BCUT2D eigenvalue weighted by Crippen LogP contribution is 2.36. The van der Waals surface area contributed by atoms with Crippen molar-refractivity contribution in [2.45, 2.75) is 46.8 Å². The highest BCUT2D eigenvalue weighted by Gasteiger charge is 2.46. The first-order chi connectivity index (χ1) is 12.3. The minimum atomic E-state index is -2.28. The van der Waals surface area contributed by atoms with E-state index in [9.17, 15) is 0 Å². The first-order valence-electron chi connectivity index (χ1n) is 9.53. The summed E-state index contributed by atoms with van der Waals surface area (Å²) in [7, 11) is -3.84. The third-order valence-electron chi connectivity index (χ3n) is 5.32. The molecule has 0 bridgehead atoms. The number of hydrogen-bond acceptors (Lipinski definition) is 1. The molecule has 1 aliphatic carbocycles. The predicted octanol–water partition coefficient (Wildman–Crippen LogP) is 4.77. The van der Waals surface area contributed by atoms with Crippen LogP contribution in [-0.2, 0) is 0 Å². The molecule has 0 aliphatic heterocycles. The zero-order valence-electron chi connectivity index (χ0n) is 17.0. The Balaban J connectivity index is 2.39. The molecule has 1 aliphatic rings. The lowest BCUT2D eigenvalue weighted by molar-refractivity contribution is 1.14. The molecule has 0 saturated heterocycles. The standard InChI is InChI=1S/C23H31NSi2/c1-18-17-19(2)23(20(18)3)26(24-25(4,5)6,21-13-9-7-10-14-21)22-15-11-8-12-16-22/h7-16,24H,17H2,1-6H3. The zero-order chi connectivity index (χ0) is 18.9. The van der Waals surface area contributed by atoms with Gasteiger partial charge in [0.25, 0.3) is 0 Å². The summed E-state index contributed by atoms with van der Waals surface area (Å²) in [6.07, 6.45) is 1.11. The van der Waals surface area contributed by atoms with E-state index in [-0.39, 0.29) is 0 Å². The molecule has 0 fully saturated rings. The van der Waals surface area contributed by atoms with Gasteiger partial charge in [0.1, 0.15) is 8.24 Å². The zero-order valence-corrected chi connectivity index (χ0v) is 19.0. The van der Waals surface area contributed by atoms with Crippen molar-refractivity contribution in [1.29, 1.82) is 0 Å². The maximum absolute atomic E-state index is 4.31. The van der Waals surface area contributed by atoms with Gasteiger partial charge in [0, 0.05) is 0 Å². The monoisotopic (exact) mass is 377 g/mol. The lowest BCUT2D eigenvalue weighted by atomic mass is 10.2. The van der Waals surface area contributed by atoms with Gasteiger partial charge in [0.05, 0.1) is 0 Å².